The Morgan fingerprint density at radius 1 is 1.00 bits per heavy atom. The highest BCUT2D eigenvalue weighted by atomic mass is 35.5. The molecule has 0 unspecified atom stereocenters. The molecule has 4 heteroatoms. The second-order valence-electron chi connectivity index (χ2n) is 8.33. The molecule has 3 atom stereocenters. The predicted molar refractivity (Wildman–Crippen MR) is 126 cm³/mol. The summed E-state index contributed by atoms with van der Waals surface area (Å²) < 4.78 is 11.7. The summed E-state index contributed by atoms with van der Waals surface area (Å²) in [5.41, 5.74) is 6.18. The Morgan fingerprint density at radius 3 is 2.52 bits per heavy atom. The molecule has 0 fully saturated rings. The van der Waals surface area contributed by atoms with Crippen LogP contribution < -0.4 is 14.8 Å². The third-order valence-corrected chi connectivity index (χ3v) is 6.73. The van der Waals surface area contributed by atoms with Crippen LogP contribution in [0.3, 0.4) is 0 Å². The molecule has 3 aromatic carbocycles. The van der Waals surface area contributed by atoms with Gasteiger partial charge in [0.2, 0.25) is 0 Å². The summed E-state index contributed by atoms with van der Waals surface area (Å²) in [6.45, 7) is 2.72. The van der Waals surface area contributed by atoms with Crippen LogP contribution in [0.2, 0.25) is 5.02 Å². The van der Waals surface area contributed by atoms with Gasteiger partial charge in [-0.3, -0.25) is 0 Å². The van der Waals surface area contributed by atoms with Gasteiger partial charge in [-0.15, -0.1) is 0 Å². The highest BCUT2D eigenvalue weighted by Gasteiger charge is 2.39. The maximum atomic E-state index is 5.97. The Kier molecular flexibility index (Phi) is 5.37. The largest absolute Gasteiger partial charge is 0.495 e. The van der Waals surface area contributed by atoms with Crippen LogP contribution >= 0.6 is 11.6 Å². The normalized spacial score (nSPS) is 21.2. The highest BCUT2D eigenvalue weighted by Crippen LogP contribution is 2.53. The molecule has 5 rings (SSSR count). The summed E-state index contributed by atoms with van der Waals surface area (Å²) in [6.07, 6.45) is 5.77. The zero-order valence-electron chi connectivity index (χ0n) is 17.8. The van der Waals surface area contributed by atoms with E-state index in [4.69, 9.17) is 21.1 Å². The van der Waals surface area contributed by atoms with E-state index < -0.39 is 0 Å². The SMILES string of the molecule is COc1ccc(C)c2c1N[C@@H](c1ccc(OCc3ccc(Cl)cc3)cc1)[C@@H]1CC=C[C@H]21. The van der Waals surface area contributed by atoms with E-state index in [-0.39, 0.29) is 6.04 Å². The summed E-state index contributed by atoms with van der Waals surface area (Å²) >= 11 is 5.96. The van der Waals surface area contributed by atoms with E-state index in [9.17, 15) is 0 Å². The lowest BCUT2D eigenvalue weighted by Gasteiger charge is -2.39. The van der Waals surface area contributed by atoms with E-state index in [2.05, 4.69) is 60.8 Å². The number of hydrogen-bond acceptors (Lipinski definition) is 3. The molecule has 0 bridgehead atoms. The summed E-state index contributed by atoms with van der Waals surface area (Å²) in [6, 6.07) is 20.7. The first kappa shape index (κ1) is 20.0. The molecule has 1 N–H and O–H groups in total. The third kappa shape index (κ3) is 3.79. The lowest BCUT2D eigenvalue weighted by atomic mass is 9.75. The zero-order chi connectivity index (χ0) is 21.4. The van der Waals surface area contributed by atoms with Crippen LogP contribution in [0.1, 0.15) is 40.6 Å². The van der Waals surface area contributed by atoms with Crippen molar-refractivity contribution in [1.29, 1.82) is 0 Å². The van der Waals surface area contributed by atoms with Crippen LogP contribution in [0.5, 0.6) is 11.5 Å². The molecule has 0 saturated carbocycles. The van der Waals surface area contributed by atoms with Gasteiger partial charge in [-0.2, -0.15) is 0 Å². The van der Waals surface area contributed by atoms with Gasteiger partial charge < -0.3 is 14.8 Å². The zero-order valence-corrected chi connectivity index (χ0v) is 18.5. The van der Waals surface area contributed by atoms with Crippen LogP contribution in [0.25, 0.3) is 0 Å². The van der Waals surface area contributed by atoms with Gasteiger partial charge in [0.1, 0.15) is 18.1 Å². The van der Waals surface area contributed by atoms with E-state index in [0.29, 0.717) is 18.4 Å². The van der Waals surface area contributed by atoms with Gasteiger partial charge in [0.25, 0.3) is 0 Å². The lowest BCUT2D eigenvalue weighted by molar-refractivity contribution is 0.306. The van der Waals surface area contributed by atoms with Crippen molar-refractivity contribution in [2.75, 3.05) is 12.4 Å². The average Bonchev–Trinajstić information content (AvgIpc) is 3.29. The Labute approximate surface area is 188 Å². The van der Waals surface area contributed by atoms with Gasteiger partial charge in [0.15, 0.2) is 0 Å². The third-order valence-electron chi connectivity index (χ3n) is 6.48. The quantitative estimate of drug-likeness (QED) is 0.438. The molecule has 3 nitrogen and oxygen atoms in total. The predicted octanol–water partition coefficient (Wildman–Crippen LogP) is 7.06. The standard InChI is InChI=1S/C27H26ClNO2/c1-17-6-15-24(30-2)27-25(17)22-4-3-5-23(22)26(29-27)19-9-13-21(14-10-19)31-16-18-7-11-20(28)12-8-18/h3-4,6-15,22-23,26,29H,5,16H2,1-2H3/t22-,23+,26-/m0/s1. The van der Waals surface area contributed by atoms with E-state index >= 15 is 0 Å². The fourth-order valence-electron chi connectivity index (χ4n) is 4.89. The Morgan fingerprint density at radius 2 is 1.77 bits per heavy atom. The van der Waals surface area contributed by atoms with Crippen molar-refractivity contribution < 1.29 is 9.47 Å². The molecular formula is C27H26ClNO2. The second-order valence-corrected chi connectivity index (χ2v) is 8.77. The van der Waals surface area contributed by atoms with E-state index in [1.54, 1.807) is 7.11 Å². The minimum Gasteiger partial charge on any atom is -0.495 e. The second kappa shape index (κ2) is 8.32. The molecule has 3 aromatic rings. The Hall–Kier alpha value is -2.91. The number of nitrogens with one attached hydrogen (secondary N) is 1. The topological polar surface area (TPSA) is 30.5 Å². The van der Waals surface area contributed by atoms with Crippen molar-refractivity contribution in [3.63, 3.8) is 0 Å². The smallest absolute Gasteiger partial charge is 0.142 e. The van der Waals surface area contributed by atoms with Crippen molar-refractivity contribution in [3.8, 4) is 11.5 Å². The van der Waals surface area contributed by atoms with Gasteiger partial charge in [-0.1, -0.05) is 54.1 Å². The molecule has 0 radical (unpaired) electrons. The van der Waals surface area contributed by atoms with Crippen LogP contribution in [0.15, 0.2) is 72.8 Å². The molecule has 31 heavy (non-hydrogen) atoms. The minimum absolute atomic E-state index is 0.230. The number of halogens is 1. The van der Waals surface area contributed by atoms with E-state index in [0.717, 1.165) is 34.2 Å². The summed E-state index contributed by atoms with van der Waals surface area (Å²) in [4.78, 5) is 0. The van der Waals surface area contributed by atoms with Crippen molar-refractivity contribution >= 4 is 17.3 Å². The molecular weight excluding hydrogens is 406 g/mol. The van der Waals surface area contributed by atoms with Crippen LogP contribution in [0.4, 0.5) is 5.69 Å². The number of methoxy groups -OCH3 is 1. The van der Waals surface area contributed by atoms with Crippen LogP contribution in [-0.4, -0.2) is 7.11 Å². The van der Waals surface area contributed by atoms with Crippen molar-refractivity contribution in [3.05, 3.63) is 100 Å². The van der Waals surface area contributed by atoms with E-state index in [1.165, 1.54) is 16.7 Å². The molecule has 1 aliphatic heterocycles. The van der Waals surface area contributed by atoms with Gasteiger partial charge >= 0.3 is 0 Å². The van der Waals surface area contributed by atoms with Crippen molar-refractivity contribution in [2.24, 2.45) is 5.92 Å². The summed E-state index contributed by atoms with van der Waals surface area (Å²) in [5, 5.41) is 4.55. The number of hydrogen-bond donors (Lipinski definition) is 1. The molecule has 0 spiro atoms. The molecule has 2 aliphatic rings. The first-order valence-electron chi connectivity index (χ1n) is 10.7. The van der Waals surface area contributed by atoms with Gasteiger partial charge in [-0.05, 0) is 71.8 Å². The van der Waals surface area contributed by atoms with Crippen LogP contribution in [-0.2, 0) is 6.61 Å². The molecule has 0 aromatic heterocycles. The van der Waals surface area contributed by atoms with E-state index in [1.807, 2.05) is 24.3 Å². The van der Waals surface area contributed by atoms with Gasteiger partial charge in [0.05, 0.1) is 18.8 Å². The maximum Gasteiger partial charge on any atom is 0.142 e. The lowest BCUT2D eigenvalue weighted by Crippen LogP contribution is -2.30. The van der Waals surface area contributed by atoms with Gasteiger partial charge in [-0.25, -0.2) is 0 Å². The molecule has 158 valence electrons. The fraction of sp³-hybridized carbons (Fsp3) is 0.259. The Bertz CT molecular complexity index is 1110. The minimum atomic E-state index is 0.230. The molecule has 0 saturated heterocycles. The van der Waals surface area contributed by atoms with Crippen LogP contribution in [0, 0.1) is 12.8 Å². The summed E-state index contributed by atoms with van der Waals surface area (Å²) in [7, 11) is 1.74. The average molecular weight is 432 g/mol. The fourth-order valence-corrected chi connectivity index (χ4v) is 5.02. The van der Waals surface area contributed by atoms with Gasteiger partial charge in [0, 0.05) is 10.9 Å². The first-order valence-corrected chi connectivity index (χ1v) is 11.1. The molecule has 1 heterocycles. The number of rotatable bonds is 5. The van der Waals surface area contributed by atoms with Crippen molar-refractivity contribution in [1.82, 2.24) is 0 Å². The maximum absolute atomic E-state index is 5.97. The monoisotopic (exact) mass is 431 g/mol. The number of ether oxygens (including phenoxy) is 2. The number of fused-ring (bicyclic) bond motifs is 3. The van der Waals surface area contributed by atoms with Crippen molar-refractivity contribution in [2.45, 2.75) is 31.9 Å². The Balaban J connectivity index is 1.38. The number of allylic oxidation sites excluding steroid dienone is 2. The number of aryl methyl sites for hydroxylation is 1. The number of benzene rings is 3. The number of anilines is 1. The first-order chi connectivity index (χ1) is 15.1. The highest BCUT2D eigenvalue weighted by molar-refractivity contribution is 6.30. The molecule has 0 amide bonds. The summed E-state index contributed by atoms with van der Waals surface area (Å²) in [5.74, 6) is 2.69. The molecule has 1 aliphatic carbocycles.